The van der Waals surface area contributed by atoms with E-state index in [1.165, 1.54) is 19.3 Å². The lowest BCUT2D eigenvalue weighted by molar-refractivity contribution is -0.290. The van der Waals surface area contributed by atoms with E-state index in [4.69, 9.17) is 18.9 Å². The third kappa shape index (κ3) is 2.88. The second kappa shape index (κ2) is 5.80. The highest BCUT2D eigenvalue weighted by molar-refractivity contribution is 4.92. The highest BCUT2D eigenvalue weighted by atomic mass is 16.7. The molecule has 0 aromatic rings. The van der Waals surface area contributed by atoms with E-state index in [1.807, 2.05) is 0 Å². The van der Waals surface area contributed by atoms with Gasteiger partial charge in [-0.05, 0) is 43.9 Å². The summed E-state index contributed by atoms with van der Waals surface area (Å²) in [5.41, 5.74) is 0. The molecule has 2 unspecified atom stereocenters. The van der Waals surface area contributed by atoms with Gasteiger partial charge in [0.05, 0.1) is 26.4 Å². The summed E-state index contributed by atoms with van der Waals surface area (Å²) < 4.78 is 24.1. The Morgan fingerprint density at radius 2 is 1.10 bits per heavy atom. The summed E-state index contributed by atoms with van der Waals surface area (Å²) in [6.45, 7) is 3.47. The van der Waals surface area contributed by atoms with Crippen molar-refractivity contribution in [1.82, 2.24) is 0 Å². The zero-order chi connectivity index (χ0) is 14.2. The largest absolute Gasteiger partial charge is 0.350 e. The molecular formula is C17H28O4. The van der Waals surface area contributed by atoms with Gasteiger partial charge in [0, 0.05) is 25.7 Å². The van der Waals surface area contributed by atoms with Crippen LogP contribution in [0, 0.1) is 11.8 Å². The van der Waals surface area contributed by atoms with E-state index in [9.17, 15) is 0 Å². The number of hydrogen-bond donors (Lipinski definition) is 0. The summed E-state index contributed by atoms with van der Waals surface area (Å²) in [6.07, 6.45) is 10.2. The minimum absolute atomic E-state index is 0.248. The first-order valence-electron chi connectivity index (χ1n) is 8.85. The van der Waals surface area contributed by atoms with E-state index in [-0.39, 0.29) is 11.6 Å². The van der Waals surface area contributed by atoms with Gasteiger partial charge in [-0.15, -0.1) is 0 Å². The van der Waals surface area contributed by atoms with Crippen molar-refractivity contribution in [3.63, 3.8) is 0 Å². The summed E-state index contributed by atoms with van der Waals surface area (Å²) in [6, 6.07) is 0. The lowest BCUT2D eigenvalue weighted by atomic mass is 9.76. The van der Waals surface area contributed by atoms with Crippen LogP contribution in [0.25, 0.3) is 0 Å². The van der Waals surface area contributed by atoms with Gasteiger partial charge in [0.25, 0.3) is 0 Å². The summed E-state index contributed by atoms with van der Waals surface area (Å²) in [4.78, 5) is 0. The van der Waals surface area contributed by atoms with Crippen LogP contribution in [0.5, 0.6) is 0 Å². The van der Waals surface area contributed by atoms with Crippen LogP contribution in [-0.2, 0) is 18.9 Å². The number of rotatable bonds is 1. The molecule has 2 atom stereocenters. The predicted molar refractivity (Wildman–Crippen MR) is 77.8 cm³/mol. The first-order valence-corrected chi connectivity index (χ1v) is 8.85. The first kappa shape index (κ1) is 14.4. The van der Waals surface area contributed by atoms with Crippen molar-refractivity contribution in [2.75, 3.05) is 26.4 Å². The molecule has 0 N–H and O–H groups in total. The fraction of sp³-hybridized carbons (Fsp3) is 1.00. The monoisotopic (exact) mass is 296 g/mol. The molecule has 2 saturated carbocycles. The maximum Gasteiger partial charge on any atom is 0.168 e. The van der Waals surface area contributed by atoms with E-state index in [0.29, 0.717) is 5.92 Å². The molecule has 4 heteroatoms. The second-order valence-corrected chi connectivity index (χ2v) is 7.28. The average Bonchev–Trinajstić information content (AvgIpc) is 2.93. The fourth-order valence-electron chi connectivity index (χ4n) is 4.81. The normalized spacial score (nSPS) is 38.9. The molecule has 4 fully saturated rings. The molecule has 2 spiro atoms. The molecule has 0 amide bonds. The van der Waals surface area contributed by atoms with E-state index in [1.54, 1.807) is 0 Å². The van der Waals surface area contributed by atoms with Gasteiger partial charge in [0.1, 0.15) is 0 Å². The summed E-state index contributed by atoms with van der Waals surface area (Å²) in [5.74, 6) is 0.923. The summed E-state index contributed by atoms with van der Waals surface area (Å²) >= 11 is 0. The highest BCUT2D eigenvalue weighted by Gasteiger charge is 2.48. The third-order valence-corrected chi connectivity index (χ3v) is 5.88. The Morgan fingerprint density at radius 1 is 0.571 bits per heavy atom. The second-order valence-electron chi connectivity index (χ2n) is 7.28. The SMILES string of the molecule is C1COC2(CCCC(C3CCC4(C3)OCCCO4)C2)OC1. The van der Waals surface area contributed by atoms with Crippen LogP contribution in [0.2, 0.25) is 0 Å². The molecule has 4 nitrogen and oxygen atoms in total. The van der Waals surface area contributed by atoms with Crippen LogP contribution < -0.4 is 0 Å². The van der Waals surface area contributed by atoms with Crippen molar-refractivity contribution in [1.29, 1.82) is 0 Å². The van der Waals surface area contributed by atoms with Gasteiger partial charge in [-0.3, -0.25) is 0 Å². The van der Waals surface area contributed by atoms with E-state index >= 15 is 0 Å². The van der Waals surface area contributed by atoms with Crippen LogP contribution in [0.15, 0.2) is 0 Å². The molecule has 0 bridgehead atoms. The zero-order valence-electron chi connectivity index (χ0n) is 13.0. The molecule has 120 valence electrons. The molecule has 0 aromatic carbocycles. The van der Waals surface area contributed by atoms with Gasteiger partial charge >= 0.3 is 0 Å². The molecule has 4 rings (SSSR count). The molecule has 0 aromatic heterocycles. The quantitative estimate of drug-likeness (QED) is 0.744. The molecule has 2 aliphatic heterocycles. The molecule has 2 saturated heterocycles. The smallest absolute Gasteiger partial charge is 0.168 e. The minimum atomic E-state index is -0.259. The molecule has 0 radical (unpaired) electrons. The lowest BCUT2D eigenvalue weighted by Crippen LogP contribution is -2.46. The minimum Gasteiger partial charge on any atom is -0.350 e. The average molecular weight is 296 g/mol. The Labute approximate surface area is 127 Å². The highest BCUT2D eigenvalue weighted by Crippen LogP contribution is 2.49. The number of hydrogen-bond acceptors (Lipinski definition) is 4. The predicted octanol–water partition coefficient (Wildman–Crippen LogP) is 3.24. The molecule has 4 aliphatic rings. The van der Waals surface area contributed by atoms with Crippen LogP contribution >= 0.6 is 0 Å². The van der Waals surface area contributed by atoms with Gasteiger partial charge in [0.2, 0.25) is 0 Å². The molecule has 2 heterocycles. The Bertz CT molecular complexity index is 352. The van der Waals surface area contributed by atoms with Crippen molar-refractivity contribution in [3.8, 4) is 0 Å². The van der Waals surface area contributed by atoms with Crippen molar-refractivity contribution in [2.24, 2.45) is 11.8 Å². The summed E-state index contributed by atoms with van der Waals surface area (Å²) in [7, 11) is 0. The lowest BCUT2D eigenvalue weighted by Gasteiger charge is -2.44. The Morgan fingerprint density at radius 3 is 1.71 bits per heavy atom. The van der Waals surface area contributed by atoms with Gasteiger partial charge in [0.15, 0.2) is 11.6 Å². The summed E-state index contributed by atoms with van der Waals surface area (Å²) in [5, 5.41) is 0. The standard InChI is InChI=1S/C17H28O4/c1-4-14(12-16(6-1)18-8-2-9-19-16)15-5-7-17(13-15)20-10-3-11-21-17/h14-15H,1-13H2. The van der Waals surface area contributed by atoms with Gasteiger partial charge in [-0.25, -0.2) is 0 Å². The van der Waals surface area contributed by atoms with Crippen molar-refractivity contribution >= 4 is 0 Å². The van der Waals surface area contributed by atoms with Crippen LogP contribution in [0.4, 0.5) is 0 Å². The van der Waals surface area contributed by atoms with Crippen LogP contribution in [0.3, 0.4) is 0 Å². The Hall–Kier alpha value is -0.160. The Kier molecular flexibility index (Phi) is 3.99. The van der Waals surface area contributed by atoms with E-state index in [2.05, 4.69) is 0 Å². The van der Waals surface area contributed by atoms with Gasteiger partial charge < -0.3 is 18.9 Å². The molecule has 2 aliphatic carbocycles. The molecular weight excluding hydrogens is 268 g/mol. The van der Waals surface area contributed by atoms with Crippen molar-refractivity contribution in [3.05, 3.63) is 0 Å². The maximum absolute atomic E-state index is 6.05. The topological polar surface area (TPSA) is 36.9 Å². The fourth-order valence-corrected chi connectivity index (χ4v) is 4.81. The zero-order valence-corrected chi connectivity index (χ0v) is 13.0. The van der Waals surface area contributed by atoms with E-state index < -0.39 is 0 Å². The number of ether oxygens (including phenoxy) is 4. The van der Waals surface area contributed by atoms with Crippen molar-refractivity contribution in [2.45, 2.75) is 69.4 Å². The Balaban J connectivity index is 1.40. The first-order chi connectivity index (χ1) is 10.3. The van der Waals surface area contributed by atoms with Crippen LogP contribution in [0.1, 0.15) is 57.8 Å². The van der Waals surface area contributed by atoms with E-state index in [0.717, 1.165) is 70.9 Å². The molecule has 21 heavy (non-hydrogen) atoms. The maximum atomic E-state index is 6.05. The van der Waals surface area contributed by atoms with Crippen LogP contribution in [-0.4, -0.2) is 38.0 Å². The van der Waals surface area contributed by atoms with Gasteiger partial charge in [-0.1, -0.05) is 0 Å². The van der Waals surface area contributed by atoms with Gasteiger partial charge in [-0.2, -0.15) is 0 Å². The third-order valence-electron chi connectivity index (χ3n) is 5.88. The van der Waals surface area contributed by atoms with Crippen molar-refractivity contribution < 1.29 is 18.9 Å².